The molecule has 0 spiro atoms. The maximum absolute atomic E-state index is 11.7. The second-order valence-electron chi connectivity index (χ2n) is 4.26. The summed E-state index contributed by atoms with van der Waals surface area (Å²) in [5, 5.41) is 3.52. The normalized spacial score (nSPS) is 10.5. The van der Waals surface area contributed by atoms with Crippen LogP contribution >= 0.6 is 34.8 Å². The molecule has 1 aromatic carbocycles. The van der Waals surface area contributed by atoms with E-state index in [9.17, 15) is 9.59 Å². The van der Waals surface area contributed by atoms with Crippen molar-refractivity contribution in [3.8, 4) is 0 Å². The van der Waals surface area contributed by atoms with E-state index in [-0.39, 0.29) is 26.9 Å². The molecule has 0 unspecified atom stereocenters. The molecule has 0 saturated heterocycles. The summed E-state index contributed by atoms with van der Waals surface area (Å²) in [7, 11) is 1.52. The number of anilines is 2. The molecule has 1 amide bonds. The number of pyridine rings is 1. The molecule has 1 aromatic heterocycles. The highest BCUT2D eigenvalue weighted by atomic mass is 35.5. The van der Waals surface area contributed by atoms with E-state index in [1.165, 1.54) is 23.9 Å². The average Bonchev–Trinajstić information content (AvgIpc) is 2.43. The Morgan fingerprint density at radius 1 is 1.19 bits per heavy atom. The fraction of sp³-hybridized carbons (Fsp3) is 0.0769. The Morgan fingerprint density at radius 3 is 2.48 bits per heavy atom. The number of amides is 1. The summed E-state index contributed by atoms with van der Waals surface area (Å²) in [6.07, 6.45) is 1.35. The molecule has 0 saturated carbocycles. The van der Waals surface area contributed by atoms with Crippen molar-refractivity contribution in [1.29, 1.82) is 0 Å². The van der Waals surface area contributed by atoms with Gasteiger partial charge in [-0.25, -0.2) is 0 Å². The summed E-state index contributed by atoms with van der Waals surface area (Å²) in [6, 6.07) is 4.38. The molecule has 0 atom stereocenters. The third-order valence-electron chi connectivity index (χ3n) is 2.80. The van der Waals surface area contributed by atoms with E-state index in [0.717, 1.165) is 0 Å². The second kappa shape index (κ2) is 5.97. The fourth-order valence-electron chi connectivity index (χ4n) is 1.70. The number of aromatic nitrogens is 1. The first-order chi connectivity index (χ1) is 9.81. The molecule has 3 N–H and O–H groups in total. The van der Waals surface area contributed by atoms with Crippen molar-refractivity contribution in [3.63, 3.8) is 0 Å². The molecule has 1 heterocycles. The van der Waals surface area contributed by atoms with E-state index < -0.39 is 5.91 Å². The zero-order valence-corrected chi connectivity index (χ0v) is 13.1. The monoisotopic (exact) mass is 345 g/mol. The van der Waals surface area contributed by atoms with Crippen LogP contribution in [0.25, 0.3) is 0 Å². The Morgan fingerprint density at radius 2 is 1.86 bits per heavy atom. The molecule has 110 valence electrons. The molecule has 0 aliphatic rings. The lowest BCUT2D eigenvalue weighted by Gasteiger charge is -2.13. The van der Waals surface area contributed by atoms with E-state index in [2.05, 4.69) is 5.32 Å². The first kappa shape index (κ1) is 15.7. The number of rotatable bonds is 3. The second-order valence-corrected chi connectivity index (χ2v) is 5.43. The van der Waals surface area contributed by atoms with Crippen molar-refractivity contribution in [3.05, 3.63) is 55.4 Å². The van der Waals surface area contributed by atoms with Gasteiger partial charge in [0.1, 0.15) is 0 Å². The average molecular weight is 347 g/mol. The third kappa shape index (κ3) is 3.15. The predicted octanol–water partition coefficient (Wildman–Crippen LogP) is 3.19. The quantitative estimate of drug-likeness (QED) is 0.838. The molecule has 0 radical (unpaired) electrons. The number of hydrogen-bond acceptors (Lipinski definition) is 3. The minimum absolute atomic E-state index is 0.152. The summed E-state index contributed by atoms with van der Waals surface area (Å²) in [4.78, 5) is 23.2. The number of aryl methyl sites for hydroxylation is 1. The summed E-state index contributed by atoms with van der Waals surface area (Å²) in [6.45, 7) is 0. The summed E-state index contributed by atoms with van der Waals surface area (Å²) in [5.74, 6) is -0.677. The Hall–Kier alpha value is -1.69. The number of benzene rings is 1. The molecule has 2 aromatic rings. The number of nitrogens with one attached hydrogen (secondary N) is 1. The van der Waals surface area contributed by atoms with Gasteiger partial charge in [0.2, 0.25) is 0 Å². The minimum atomic E-state index is -0.677. The van der Waals surface area contributed by atoms with Gasteiger partial charge in [-0.05, 0) is 12.1 Å². The minimum Gasteiger partial charge on any atom is -0.365 e. The van der Waals surface area contributed by atoms with E-state index in [1.807, 2.05) is 0 Å². The lowest BCUT2D eigenvalue weighted by molar-refractivity contribution is 0.100. The first-order valence-electron chi connectivity index (χ1n) is 5.72. The van der Waals surface area contributed by atoms with Gasteiger partial charge < -0.3 is 15.6 Å². The first-order valence-corrected chi connectivity index (χ1v) is 6.85. The zero-order chi connectivity index (χ0) is 15.7. The summed E-state index contributed by atoms with van der Waals surface area (Å²) < 4.78 is 1.25. The van der Waals surface area contributed by atoms with Crippen molar-refractivity contribution in [2.24, 2.45) is 12.8 Å². The van der Waals surface area contributed by atoms with Gasteiger partial charge in [-0.1, -0.05) is 34.8 Å². The summed E-state index contributed by atoms with van der Waals surface area (Å²) in [5.41, 5.74) is 5.80. The number of hydrogen-bond donors (Lipinski definition) is 2. The zero-order valence-electron chi connectivity index (χ0n) is 10.8. The van der Waals surface area contributed by atoms with Crippen LogP contribution < -0.4 is 16.6 Å². The Labute approximate surface area is 135 Å². The maximum atomic E-state index is 11.7. The number of halogens is 3. The van der Waals surface area contributed by atoms with Crippen LogP contribution in [0.5, 0.6) is 0 Å². The number of nitrogens with two attached hydrogens (primary N) is 1. The van der Waals surface area contributed by atoms with Crippen LogP contribution in [0.3, 0.4) is 0 Å². The number of primary amides is 1. The fourth-order valence-corrected chi connectivity index (χ4v) is 2.28. The van der Waals surface area contributed by atoms with E-state index >= 15 is 0 Å². The van der Waals surface area contributed by atoms with E-state index in [4.69, 9.17) is 40.5 Å². The molecule has 0 fully saturated rings. The molecule has 8 heteroatoms. The van der Waals surface area contributed by atoms with Gasteiger partial charge in [0.15, 0.2) is 0 Å². The molecule has 0 bridgehead atoms. The van der Waals surface area contributed by atoms with Gasteiger partial charge in [0, 0.05) is 19.3 Å². The van der Waals surface area contributed by atoms with Crippen LogP contribution in [0.2, 0.25) is 15.1 Å². The highest BCUT2D eigenvalue weighted by molar-refractivity contribution is 6.49. The third-order valence-corrected chi connectivity index (χ3v) is 4.09. The highest BCUT2D eigenvalue weighted by Crippen LogP contribution is 2.37. The smallest absolute Gasteiger partial charge is 0.252 e. The predicted molar refractivity (Wildman–Crippen MR) is 85.0 cm³/mol. The van der Waals surface area contributed by atoms with Crippen molar-refractivity contribution < 1.29 is 4.79 Å². The van der Waals surface area contributed by atoms with Crippen LogP contribution in [0.1, 0.15) is 10.4 Å². The standard InChI is InChI=1S/C13H10Cl3N3O2/c1-19-5-6(13(17)21)9(4-10(19)20)18-8-3-2-7(14)11(15)12(8)16/h2-5,18H,1H3,(H2,17,21). The Balaban J connectivity index is 2.54. The molecule has 0 aliphatic carbocycles. The number of carbonyl (C=O) groups excluding carboxylic acids is 1. The largest absolute Gasteiger partial charge is 0.365 e. The molecular weight excluding hydrogens is 337 g/mol. The molecule has 5 nitrogen and oxygen atoms in total. The lowest BCUT2D eigenvalue weighted by atomic mass is 10.2. The van der Waals surface area contributed by atoms with Crippen molar-refractivity contribution >= 4 is 52.1 Å². The van der Waals surface area contributed by atoms with Crippen LogP contribution in [0.15, 0.2) is 29.2 Å². The molecule has 2 rings (SSSR count). The topological polar surface area (TPSA) is 77.1 Å². The van der Waals surface area contributed by atoms with E-state index in [1.54, 1.807) is 12.1 Å². The SMILES string of the molecule is Cn1cc(C(N)=O)c(Nc2ccc(Cl)c(Cl)c2Cl)cc1=O. The number of nitrogens with zero attached hydrogens (tertiary/aromatic N) is 1. The van der Waals surface area contributed by atoms with Gasteiger partial charge in [-0.15, -0.1) is 0 Å². The van der Waals surface area contributed by atoms with Gasteiger partial charge in [-0.2, -0.15) is 0 Å². The number of carbonyl (C=O) groups is 1. The Kier molecular flexibility index (Phi) is 4.46. The molecule has 0 aliphatic heterocycles. The maximum Gasteiger partial charge on any atom is 0.252 e. The molecule has 21 heavy (non-hydrogen) atoms. The van der Waals surface area contributed by atoms with Crippen molar-refractivity contribution in [2.45, 2.75) is 0 Å². The van der Waals surface area contributed by atoms with Crippen LogP contribution in [0.4, 0.5) is 11.4 Å². The lowest BCUT2D eigenvalue weighted by Crippen LogP contribution is -2.22. The van der Waals surface area contributed by atoms with Crippen LogP contribution in [-0.2, 0) is 7.05 Å². The summed E-state index contributed by atoms with van der Waals surface area (Å²) >= 11 is 17.9. The van der Waals surface area contributed by atoms with Crippen molar-refractivity contribution in [1.82, 2.24) is 4.57 Å². The van der Waals surface area contributed by atoms with Crippen molar-refractivity contribution in [2.75, 3.05) is 5.32 Å². The van der Waals surface area contributed by atoms with Gasteiger partial charge >= 0.3 is 0 Å². The van der Waals surface area contributed by atoms with E-state index in [0.29, 0.717) is 10.7 Å². The Bertz CT molecular complexity index is 787. The van der Waals surface area contributed by atoms with Gasteiger partial charge in [0.05, 0.1) is 32.0 Å². The van der Waals surface area contributed by atoms with Crippen LogP contribution in [-0.4, -0.2) is 10.5 Å². The highest BCUT2D eigenvalue weighted by Gasteiger charge is 2.14. The van der Waals surface area contributed by atoms with Crippen LogP contribution in [0, 0.1) is 0 Å². The molecular formula is C13H10Cl3N3O2. The van der Waals surface area contributed by atoms with Gasteiger partial charge in [0.25, 0.3) is 11.5 Å². The van der Waals surface area contributed by atoms with Gasteiger partial charge in [-0.3, -0.25) is 9.59 Å².